The molecule has 1 heterocycles. The predicted molar refractivity (Wildman–Crippen MR) is 106 cm³/mol. The highest BCUT2D eigenvalue weighted by Gasteiger charge is 2.18. The molecule has 3 aromatic rings. The van der Waals surface area contributed by atoms with Crippen LogP contribution in [0.15, 0.2) is 82.5 Å². The second-order valence-electron chi connectivity index (χ2n) is 5.58. The van der Waals surface area contributed by atoms with Gasteiger partial charge in [0.2, 0.25) is 5.78 Å². The van der Waals surface area contributed by atoms with Gasteiger partial charge in [0.25, 0.3) is 0 Å². The van der Waals surface area contributed by atoms with Gasteiger partial charge in [-0.25, -0.2) is 4.79 Å². The molecule has 0 aliphatic carbocycles. The van der Waals surface area contributed by atoms with Crippen molar-refractivity contribution in [2.75, 3.05) is 0 Å². The third kappa shape index (κ3) is 4.55. The molecule has 0 radical (unpaired) electrons. The van der Waals surface area contributed by atoms with Crippen LogP contribution in [-0.4, -0.2) is 17.5 Å². The van der Waals surface area contributed by atoms with Crippen LogP contribution in [0.3, 0.4) is 0 Å². The van der Waals surface area contributed by atoms with Crippen molar-refractivity contribution in [3.05, 3.63) is 94.9 Å². The van der Waals surface area contributed by atoms with E-state index in [1.165, 1.54) is 18.4 Å². The summed E-state index contributed by atoms with van der Waals surface area (Å²) in [6.07, 6.45) is 4.25. The first-order valence-corrected chi connectivity index (χ1v) is 8.57. The van der Waals surface area contributed by atoms with E-state index in [-0.39, 0.29) is 5.71 Å². The van der Waals surface area contributed by atoms with Crippen molar-refractivity contribution < 1.29 is 18.7 Å². The Kier molecular flexibility index (Phi) is 6.04. The number of carbonyl (C=O) groups excluding carboxylic acids is 2. The van der Waals surface area contributed by atoms with E-state index in [2.05, 4.69) is 5.10 Å². The number of ether oxygens (including phenoxy) is 1. The van der Waals surface area contributed by atoms with Gasteiger partial charge in [-0.2, -0.15) is 5.10 Å². The summed E-state index contributed by atoms with van der Waals surface area (Å²) < 4.78 is 10.3. The van der Waals surface area contributed by atoms with Crippen molar-refractivity contribution >= 4 is 35.1 Å². The standard InChI is InChI=1S/C21H15ClN2O4/c22-18-6-2-1-5-17(18)21(26)20(24-23)14-7-9-16(10-8-14)28-19(25)12-11-15-4-3-13-27-15/h1-13H,23H2/b12-11+,24-20+. The number of carbonyl (C=O) groups is 2. The quantitative estimate of drug-likeness (QED) is 0.129. The highest BCUT2D eigenvalue weighted by molar-refractivity contribution is 6.53. The van der Waals surface area contributed by atoms with Gasteiger partial charge in [0, 0.05) is 17.2 Å². The number of esters is 1. The lowest BCUT2D eigenvalue weighted by molar-refractivity contribution is -0.128. The summed E-state index contributed by atoms with van der Waals surface area (Å²) in [5, 5.41) is 3.91. The molecule has 140 valence electrons. The van der Waals surface area contributed by atoms with E-state index in [9.17, 15) is 9.59 Å². The molecule has 0 bridgehead atoms. The Morgan fingerprint density at radius 3 is 2.43 bits per heavy atom. The number of nitrogens with zero attached hydrogens (tertiary/aromatic N) is 1. The van der Waals surface area contributed by atoms with Gasteiger partial charge in [-0.3, -0.25) is 4.79 Å². The van der Waals surface area contributed by atoms with E-state index in [1.807, 2.05) is 0 Å². The lowest BCUT2D eigenvalue weighted by atomic mass is 10.0. The summed E-state index contributed by atoms with van der Waals surface area (Å²) in [4.78, 5) is 24.5. The molecule has 2 N–H and O–H groups in total. The van der Waals surface area contributed by atoms with E-state index in [1.54, 1.807) is 60.7 Å². The summed E-state index contributed by atoms with van der Waals surface area (Å²) >= 11 is 6.07. The van der Waals surface area contributed by atoms with Crippen molar-refractivity contribution in [1.82, 2.24) is 0 Å². The molecule has 0 aliphatic heterocycles. The average Bonchev–Trinajstić information content (AvgIpc) is 3.22. The molecule has 6 nitrogen and oxygen atoms in total. The van der Waals surface area contributed by atoms with Crippen molar-refractivity contribution in [2.24, 2.45) is 10.9 Å². The monoisotopic (exact) mass is 394 g/mol. The lowest BCUT2D eigenvalue weighted by Gasteiger charge is -2.07. The van der Waals surface area contributed by atoms with Gasteiger partial charge in [0.05, 0.1) is 11.3 Å². The number of nitrogens with two attached hydrogens (primary N) is 1. The highest BCUT2D eigenvalue weighted by Crippen LogP contribution is 2.19. The number of furan rings is 1. The second kappa shape index (κ2) is 8.83. The summed E-state index contributed by atoms with van der Waals surface area (Å²) in [7, 11) is 0. The van der Waals surface area contributed by atoms with Gasteiger partial charge < -0.3 is 15.0 Å². The van der Waals surface area contributed by atoms with E-state index < -0.39 is 11.8 Å². The lowest BCUT2D eigenvalue weighted by Crippen LogP contribution is -2.18. The first-order chi connectivity index (χ1) is 13.6. The summed E-state index contributed by atoms with van der Waals surface area (Å²) in [6, 6.07) is 16.3. The number of hydrogen-bond acceptors (Lipinski definition) is 6. The maximum absolute atomic E-state index is 12.7. The molecule has 0 unspecified atom stereocenters. The zero-order valence-corrected chi connectivity index (χ0v) is 15.3. The average molecular weight is 395 g/mol. The van der Waals surface area contributed by atoms with Gasteiger partial charge >= 0.3 is 5.97 Å². The molecule has 28 heavy (non-hydrogen) atoms. The Morgan fingerprint density at radius 1 is 1.04 bits per heavy atom. The van der Waals surface area contributed by atoms with Crippen LogP contribution in [0.1, 0.15) is 21.7 Å². The fourth-order valence-electron chi connectivity index (χ4n) is 2.40. The first-order valence-electron chi connectivity index (χ1n) is 8.19. The first kappa shape index (κ1) is 19.1. The molecule has 0 aliphatic rings. The van der Waals surface area contributed by atoms with Gasteiger partial charge in [-0.05, 0) is 54.6 Å². The molecule has 0 atom stereocenters. The summed E-state index contributed by atoms with van der Waals surface area (Å²) in [5.41, 5.74) is 0.814. The van der Waals surface area contributed by atoms with Crippen LogP contribution in [0.5, 0.6) is 5.75 Å². The number of benzene rings is 2. The fraction of sp³-hybridized carbons (Fsp3) is 0. The van der Waals surface area contributed by atoms with E-state index in [0.29, 0.717) is 27.7 Å². The number of Topliss-reactive ketones (excluding diaryl/α,β-unsaturated/α-hetero) is 1. The minimum atomic E-state index is -0.566. The Morgan fingerprint density at radius 2 is 1.79 bits per heavy atom. The summed E-state index contributed by atoms with van der Waals surface area (Å²) in [5.74, 6) is 5.29. The zero-order valence-electron chi connectivity index (χ0n) is 14.5. The predicted octanol–water partition coefficient (Wildman–Crippen LogP) is 4.10. The van der Waals surface area contributed by atoms with E-state index in [4.69, 9.17) is 26.6 Å². The van der Waals surface area contributed by atoms with E-state index >= 15 is 0 Å². The SMILES string of the molecule is N/N=C(/C(=O)c1ccccc1Cl)c1ccc(OC(=O)/C=C/c2ccco2)cc1. The van der Waals surface area contributed by atoms with Crippen LogP contribution in [0, 0.1) is 0 Å². The topological polar surface area (TPSA) is 94.9 Å². The molecule has 7 heteroatoms. The maximum Gasteiger partial charge on any atom is 0.336 e. The molecule has 0 spiro atoms. The molecule has 2 aromatic carbocycles. The van der Waals surface area contributed by atoms with Crippen LogP contribution in [-0.2, 0) is 4.79 Å². The van der Waals surface area contributed by atoms with E-state index in [0.717, 1.165) is 0 Å². The molecule has 0 amide bonds. The Bertz CT molecular complexity index is 1040. The Hall–Kier alpha value is -3.64. The molecule has 1 aromatic heterocycles. The second-order valence-corrected chi connectivity index (χ2v) is 5.99. The third-order valence-electron chi connectivity index (χ3n) is 3.74. The molecule has 0 saturated carbocycles. The number of rotatable bonds is 6. The number of halogens is 1. The normalized spacial score (nSPS) is 11.5. The van der Waals surface area contributed by atoms with Crippen molar-refractivity contribution in [3.63, 3.8) is 0 Å². The smallest absolute Gasteiger partial charge is 0.336 e. The molecule has 0 fully saturated rings. The Labute approximate surface area is 165 Å². The molecular weight excluding hydrogens is 380 g/mol. The summed E-state index contributed by atoms with van der Waals surface area (Å²) in [6.45, 7) is 0. The molecule has 0 saturated heterocycles. The Balaban J connectivity index is 1.71. The van der Waals surface area contributed by atoms with Crippen LogP contribution < -0.4 is 10.6 Å². The minimum Gasteiger partial charge on any atom is -0.465 e. The third-order valence-corrected chi connectivity index (χ3v) is 4.07. The van der Waals surface area contributed by atoms with Crippen LogP contribution in [0.4, 0.5) is 0 Å². The number of hydrazone groups is 1. The largest absolute Gasteiger partial charge is 0.465 e. The molecular formula is C21H15ClN2O4. The molecule has 3 rings (SSSR count). The van der Waals surface area contributed by atoms with Crippen LogP contribution in [0.25, 0.3) is 6.08 Å². The minimum absolute atomic E-state index is 0.0451. The number of hydrogen-bond donors (Lipinski definition) is 1. The highest BCUT2D eigenvalue weighted by atomic mass is 35.5. The number of ketones is 1. The van der Waals surface area contributed by atoms with Crippen molar-refractivity contribution in [1.29, 1.82) is 0 Å². The van der Waals surface area contributed by atoms with Gasteiger partial charge in [-0.15, -0.1) is 0 Å². The van der Waals surface area contributed by atoms with Crippen LogP contribution >= 0.6 is 11.6 Å². The van der Waals surface area contributed by atoms with Crippen molar-refractivity contribution in [2.45, 2.75) is 0 Å². The van der Waals surface area contributed by atoms with Crippen molar-refractivity contribution in [3.8, 4) is 5.75 Å². The van der Waals surface area contributed by atoms with Gasteiger partial charge in [0.15, 0.2) is 0 Å². The zero-order chi connectivity index (χ0) is 19.9. The maximum atomic E-state index is 12.7. The van der Waals surface area contributed by atoms with Gasteiger partial charge in [-0.1, -0.05) is 23.7 Å². The van der Waals surface area contributed by atoms with Crippen LogP contribution in [0.2, 0.25) is 5.02 Å². The van der Waals surface area contributed by atoms with Gasteiger partial charge in [0.1, 0.15) is 17.2 Å². The fourth-order valence-corrected chi connectivity index (χ4v) is 2.63.